The Hall–Kier alpha value is -2.95. The highest BCUT2D eigenvalue weighted by atomic mass is 32.2. The lowest BCUT2D eigenvalue weighted by atomic mass is 9.93. The number of amides is 2. The summed E-state index contributed by atoms with van der Waals surface area (Å²) >= 11 is 0. The number of nitrogens with zero attached hydrogens (tertiary/aromatic N) is 3. The van der Waals surface area contributed by atoms with Gasteiger partial charge in [0.15, 0.2) is 0 Å². The highest BCUT2D eigenvalue weighted by molar-refractivity contribution is 7.87. The van der Waals surface area contributed by atoms with Crippen LogP contribution in [0.15, 0.2) is 36.2 Å². The summed E-state index contributed by atoms with van der Waals surface area (Å²) < 4.78 is 33.4. The van der Waals surface area contributed by atoms with E-state index >= 15 is 0 Å². The lowest BCUT2D eigenvalue weighted by molar-refractivity contribution is 0.256. The van der Waals surface area contributed by atoms with E-state index in [9.17, 15) is 13.2 Å². The fourth-order valence-electron chi connectivity index (χ4n) is 4.35. The van der Waals surface area contributed by atoms with Crippen molar-refractivity contribution >= 4 is 21.9 Å². The van der Waals surface area contributed by atoms with E-state index in [1.165, 1.54) is 19.7 Å². The van der Waals surface area contributed by atoms with E-state index < -0.39 is 16.2 Å². The van der Waals surface area contributed by atoms with Gasteiger partial charge in [0.1, 0.15) is 5.76 Å². The van der Waals surface area contributed by atoms with Gasteiger partial charge in [-0.2, -0.15) is 12.7 Å². The molecule has 0 unspecified atom stereocenters. The Bertz CT molecular complexity index is 1240. The minimum absolute atomic E-state index is 0.485. The van der Waals surface area contributed by atoms with Gasteiger partial charge in [-0.1, -0.05) is 6.07 Å². The summed E-state index contributed by atoms with van der Waals surface area (Å²) in [6.07, 6.45) is 7.28. The third-order valence-corrected chi connectivity index (χ3v) is 7.57. The Morgan fingerprint density at radius 2 is 2.00 bits per heavy atom. The molecule has 2 N–H and O–H groups in total. The van der Waals surface area contributed by atoms with Crippen LogP contribution in [-0.4, -0.2) is 62.9 Å². The number of carbonyl (C=O) groups is 1. The lowest BCUT2D eigenvalue weighted by Gasteiger charge is -2.22. The van der Waals surface area contributed by atoms with Crippen LogP contribution in [0.4, 0.5) is 10.5 Å². The molecule has 1 aliphatic heterocycles. The van der Waals surface area contributed by atoms with Crippen molar-refractivity contribution in [3.8, 4) is 17.0 Å². The molecule has 34 heavy (non-hydrogen) atoms. The minimum atomic E-state index is -3.91. The van der Waals surface area contributed by atoms with E-state index in [1.54, 1.807) is 6.20 Å². The molecule has 0 saturated heterocycles. The van der Waals surface area contributed by atoms with Crippen LogP contribution in [0.5, 0.6) is 5.88 Å². The van der Waals surface area contributed by atoms with Gasteiger partial charge < -0.3 is 15.0 Å². The minimum Gasteiger partial charge on any atom is -0.444 e. The van der Waals surface area contributed by atoms with Gasteiger partial charge in [-0.25, -0.2) is 14.5 Å². The van der Waals surface area contributed by atoms with Crippen LogP contribution in [0.2, 0.25) is 0 Å². The predicted octanol–water partition coefficient (Wildman–Crippen LogP) is 3.07. The average molecular weight is 486 g/mol. The SMILES string of the molecule is Cc1cc2c(c(NC(=O)NS(=O)(=O)N(C)C)c1-c1ccnc(OC3=CCN(C)CC3)c1)CCC2. The van der Waals surface area contributed by atoms with Gasteiger partial charge in [-0.3, -0.25) is 0 Å². The number of urea groups is 1. The van der Waals surface area contributed by atoms with Crippen molar-refractivity contribution in [1.82, 2.24) is 18.9 Å². The number of ether oxygens (including phenoxy) is 1. The van der Waals surface area contributed by atoms with Gasteiger partial charge >= 0.3 is 16.2 Å². The maximum atomic E-state index is 12.7. The van der Waals surface area contributed by atoms with E-state index in [2.05, 4.69) is 39.1 Å². The largest absolute Gasteiger partial charge is 0.444 e. The molecule has 2 amide bonds. The number of rotatable bonds is 6. The molecule has 2 heterocycles. The molecule has 2 aliphatic rings. The zero-order valence-electron chi connectivity index (χ0n) is 20.0. The molecule has 0 spiro atoms. The van der Waals surface area contributed by atoms with Gasteiger partial charge in [0.25, 0.3) is 0 Å². The smallest absolute Gasteiger partial charge is 0.333 e. The molecule has 0 atom stereocenters. The highest BCUT2D eigenvalue weighted by Gasteiger charge is 2.25. The van der Waals surface area contributed by atoms with Crippen molar-refractivity contribution in [2.75, 3.05) is 39.5 Å². The number of hydrogen-bond donors (Lipinski definition) is 2. The monoisotopic (exact) mass is 485 g/mol. The second-order valence-electron chi connectivity index (χ2n) is 8.95. The van der Waals surface area contributed by atoms with Crippen molar-refractivity contribution in [3.05, 3.63) is 52.9 Å². The number of carbonyl (C=O) groups excluding carboxylic acids is 1. The maximum Gasteiger partial charge on any atom is 0.333 e. The van der Waals surface area contributed by atoms with E-state index in [0.717, 1.165) is 71.1 Å². The molecule has 1 aromatic heterocycles. The van der Waals surface area contributed by atoms with Crippen LogP contribution in [-0.2, 0) is 23.1 Å². The number of aryl methyl sites for hydroxylation is 2. The highest BCUT2D eigenvalue weighted by Crippen LogP contribution is 2.40. The Balaban J connectivity index is 1.69. The number of nitrogens with one attached hydrogen (secondary N) is 2. The lowest BCUT2D eigenvalue weighted by Crippen LogP contribution is -2.41. The van der Waals surface area contributed by atoms with Gasteiger partial charge in [-0.05, 0) is 67.6 Å². The molecule has 0 bridgehead atoms. The molecule has 1 aliphatic carbocycles. The summed E-state index contributed by atoms with van der Waals surface area (Å²) in [6.45, 7) is 3.75. The molecular formula is C24H31N5O4S. The molecule has 4 rings (SSSR count). The second-order valence-corrected chi connectivity index (χ2v) is 10.8. The number of fused-ring (bicyclic) bond motifs is 1. The zero-order chi connectivity index (χ0) is 24.5. The Kier molecular flexibility index (Phi) is 6.92. The molecule has 2 aromatic rings. The predicted molar refractivity (Wildman–Crippen MR) is 132 cm³/mol. The molecule has 0 fully saturated rings. The second kappa shape index (κ2) is 9.73. The number of likely N-dealkylation sites (N-methyl/N-ethyl adjacent to an activating group) is 1. The van der Waals surface area contributed by atoms with Gasteiger partial charge in [0.2, 0.25) is 5.88 Å². The van der Waals surface area contributed by atoms with Gasteiger partial charge in [0.05, 0.1) is 5.69 Å². The van der Waals surface area contributed by atoms with Crippen molar-refractivity contribution in [2.45, 2.75) is 32.6 Å². The standard InChI is InChI=1S/C24H31N5O4S/c1-16-14-17-6-5-7-20(17)23(26-24(30)27-34(31,32)28(2)3)22(16)18-8-11-25-21(15-18)33-19-9-12-29(4)13-10-19/h8-9,11,14-15H,5-7,10,12-13H2,1-4H3,(H2,26,27,30). The first-order valence-corrected chi connectivity index (χ1v) is 12.8. The number of benzene rings is 1. The van der Waals surface area contributed by atoms with Gasteiger partial charge in [0, 0.05) is 51.4 Å². The van der Waals surface area contributed by atoms with Crippen LogP contribution in [0.3, 0.4) is 0 Å². The quantitative estimate of drug-likeness (QED) is 0.652. The summed E-state index contributed by atoms with van der Waals surface area (Å²) in [5, 5.41) is 2.83. The Morgan fingerprint density at radius 1 is 1.21 bits per heavy atom. The first-order chi connectivity index (χ1) is 16.1. The normalized spacial score (nSPS) is 16.2. The molecule has 10 heteroatoms. The Labute approximate surface area is 201 Å². The summed E-state index contributed by atoms with van der Waals surface area (Å²) in [4.78, 5) is 19.3. The molecule has 0 radical (unpaired) electrons. The third kappa shape index (κ3) is 5.24. The fourth-order valence-corrected chi connectivity index (χ4v) is 4.82. The van der Waals surface area contributed by atoms with E-state index in [1.807, 2.05) is 19.1 Å². The van der Waals surface area contributed by atoms with Crippen molar-refractivity contribution in [1.29, 1.82) is 0 Å². The first-order valence-electron chi connectivity index (χ1n) is 11.3. The fraction of sp³-hybridized carbons (Fsp3) is 0.417. The van der Waals surface area contributed by atoms with Crippen LogP contribution in [0, 0.1) is 6.92 Å². The van der Waals surface area contributed by atoms with Crippen molar-refractivity contribution in [3.63, 3.8) is 0 Å². The van der Waals surface area contributed by atoms with Crippen LogP contribution < -0.4 is 14.8 Å². The summed E-state index contributed by atoms with van der Waals surface area (Å²) in [6, 6.07) is 5.09. The molecule has 0 saturated carbocycles. The molecule has 9 nitrogen and oxygen atoms in total. The molecular weight excluding hydrogens is 454 g/mol. The van der Waals surface area contributed by atoms with Crippen LogP contribution in [0.25, 0.3) is 11.1 Å². The first kappa shape index (κ1) is 24.2. The summed E-state index contributed by atoms with van der Waals surface area (Å²) in [7, 11) is 0.882. The molecule has 182 valence electrons. The number of pyridine rings is 1. The van der Waals surface area contributed by atoms with E-state index in [4.69, 9.17) is 4.74 Å². The Morgan fingerprint density at radius 3 is 2.71 bits per heavy atom. The van der Waals surface area contributed by atoms with Crippen LogP contribution >= 0.6 is 0 Å². The van der Waals surface area contributed by atoms with Gasteiger partial charge in [-0.15, -0.1) is 0 Å². The number of aromatic nitrogens is 1. The van der Waals surface area contributed by atoms with Crippen LogP contribution in [0.1, 0.15) is 29.5 Å². The number of anilines is 1. The number of hydrogen-bond acceptors (Lipinski definition) is 6. The molecule has 1 aromatic carbocycles. The summed E-state index contributed by atoms with van der Waals surface area (Å²) in [5.41, 5.74) is 5.51. The zero-order valence-corrected chi connectivity index (χ0v) is 20.8. The topological polar surface area (TPSA) is 104 Å². The van der Waals surface area contributed by atoms with Crippen molar-refractivity contribution in [2.24, 2.45) is 0 Å². The summed E-state index contributed by atoms with van der Waals surface area (Å²) in [5.74, 6) is 1.37. The van der Waals surface area contributed by atoms with E-state index in [0.29, 0.717) is 11.6 Å². The maximum absolute atomic E-state index is 12.7. The average Bonchev–Trinajstić information content (AvgIpc) is 3.23. The third-order valence-electron chi connectivity index (χ3n) is 6.17. The van der Waals surface area contributed by atoms with E-state index in [-0.39, 0.29) is 0 Å². The van der Waals surface area contributed by atoms with Crippen molar-refractivity contribution < 1.29 is 17.9 Å².